The monoisotopic (exact) mass is 483 g/mol. The molecule has 6 aliphatic carbocycles. The van der Waals surface area contributed by atoms with E-state index < -0.39 is 0 Å². The van der Waals surface area contributed by atoms with Crippen molar-refractivity contribution in [3.63, 3.8) is 0 Å². The van der Waals surface area contributed by atoms with Crippen molar-refractivity contribution in [2.75, 3.05) is 33.4 Å². The van der Waals surface area contributed by atoms with Crippen LogP contribution >= 0.6 is 0 Å². The van der Waals surface area contributed by atoms with Gasteiger partial charge >= 0.3 is 0 Å². The van der Waals surface area contributed by atoms with E-state index in [4.69, 9.17) is 14.2 Å². The van der Waals surface area contributed by atoms with Crippen LogP contribution in [-0.2, 0) is 14.2 Å². The molecule has 8 rings (SSSR count). The lowest BCUT2D eigenvalue weighted by Gasteiger charge is -2.76. The molecule has 5 saturated carbocycles. The van der Waals surface area contributed by atoms with Gasteiger partial charge in [-0.1, -0.05) is 32.4 Å². The first-order valence-corrected chi connectivity index (χ1v) is 14.4. The van der Waals surface area contributed by atoms with Gasteiger partial charge in [-0.05, 0) is 86.7 Å². The summed E-state index contributed by atoms with van der Waals surface area (Å²) in [6.45, 7) is 10.1. The number of hydrogen-bond acceptors (Lipinski definition) is 5. The molecule has 8 aliphatic rings. The van der Waals surface area contributed by atoms with Crippen LogP contribution in [0.15, 0.2) is 23.5 Å². The standard InChI is InChI=1S/C30H45NO4/c1-27(2,3)16-21-17-28-9-10-30(21,33-4)26-29(28)11-12-31(18-19-5-6-19)23(28)15-20-7-8-22(34-14-13-32)25(35-26)24(20)29/h7-8,19,21,23-26,32H,5-6,9-18H2,1-4H3/t21?,23?,24?,25?,26?,28?,29-,30?/m1/s1. The second-order valence-corrected chi connectivity index (χ2v) is 14.2. The number of aliphatic hydroxyl groups excluding tert-OH is 1. The number of nitrogens with zero attached hydrogens (tertiary/aromatic N) is 1. The molecule has 0 amide bonds. The molecular formula is C30H45NO4. The summed E-state index contributed by atoms with van der Waals surface area (Å²) in [7, 11) is 1.97. The van der Waals surface area contributed by atoms with Crippen LogP contribution in [0.1, 0.15) is 72.1 Å². The van der Waals surface area contributed by atoms with Crippen LogP contribution in [0.2, 0.25) is 0 Å². The Bertz CT molecular complexity index is 948. The third-order valence-electron chi connectivity index (χ3n) is 11.5. The minimum absolute atomic E-state index is 0.0251. The first-order valence-electron chi connectivity index (χ1n) is 14.4. The van der Waals surface area contributed by atoms with Crippen molar-refractivity contribution < 1.29 is 19.3 Å². The zero-order valence-corrected chi connectivity index (χ0v) is 22.2. The number of fused-ring (bicyclic) bond motifs is 2. The lowest BCUT2D eigenvalue weighted by molar-refractivity contribution is -0.316. The number of ether oxygens (including phenoxy) is 3. The minimum Gasteiger partial charge on any atom is -0.493 e. The number of likely N-dealkylation sites (tertiary alicyclic amines) is 1. The van der Waals surface area contributed by atoms with Gasteiger partial charge in [0.15, 0.2) is 0 Å². The highest BCUT2D eigenvalue weighted by Gasteiger charge is 2.82. The van der Waals surface area contributed by atoms with Crippen LogP contribution in [-0.4, -0.2) is 67.3 Å². The first kappa shape index (κ1) is 23.3. The summed E-state index contributed by atoms with van der Waals surface area (Å²) in [6.07, 6.45) is 14.8. The van der Waals surface area contributed by atoms with Crippen LogP contribution in [0.25, 0.3) is 0 Å². The van der Waals surface area contributed by atoms with Crippen molar-refractivity contribution in [2.45, 2.75) is 96.0 Å². The van der Waals surface area contributed by atoms with E-state index in [1.165, 1.54) is 58.0 Å². The molecule has 0 radical (unpaired) electrons. The van der Waals surface area contributed by atoms with Crippen molar-refractivity contribution in [2.24, 2.45) is 34.0 Å². The molecule has 0 aromatic carbocycles. The fraction of sp³-hybridized carbons (Fsp3) is 0.867. The third-order valence-corrected chi connectivity index (χ3v) is 11.5. The Kier molecular flexibility index (Phi) is 5.04. The Morgan fingerprint density at radius 1 is 1.17 bits per heavy atom. The van der Waals surface area contributed by atoms with E-state index in [2.05, 4.69) is 37.8 Å². The van der Waals surface area contributed by atoms with Gasteiger partial charge in [-0.25, -0.2) is 0 Å². The normalized spacial score (nSPS) is 47.9. The topological polar surface area (TPSA) is 51.2 Å². The molecule has 0 aromatic heterocycles. The van der Waals surface area contributed by atoms with Gasteiger partial charge in [0.25, 0.3) is 0 Å². The summed E-state index contributed by atoms with van der Waals surface area (Å²) >= 11 is 0. The van der Waals surface area contributed by atoms with E-state index in [0.717, 1.165) is 18.1 Å². The van der Waals surface area contributed by atoms with E-state index in [1.807, 2.05) is 7.11 Å². The molecule has 4 bridgehead atoms. The Balaban J connectivity index is 1.38. The maximum atomic E-state index is 9.48. The summed E-state index contributed by atoms with van der Waals surface area (Å²) in [4.78, 5) is 2.94. The number of allylic oxidation sites excluding steroid dienone is 2. The molecule has 8 atom stereocenters. The smallest absolute Gasteiger partial charge is 0.126 e. The minimum atomic E-state index is -0.208. The highest BCUT2D eigenvalue weighted by Crippen LogP contribution is 2.80. The van der Waals surface area contributed by atoms with Crippen molar-refractivity contribution in [3.05, 3.63) is 23.5 Å². The SMILES string of the molecule is COC12CCC3(CC1CC(C)(C)C)C1CC4=CC=C(OCCO)C5OC2[C@@]3(CCN1CC1CC1)C45. The molecule has 5 nitrogen and oxygen atoms in total. The van der Waals surface area contributed by atoms with E-state index in [9.17, 15) is 5.11 Å². The average molecular weight is 484 g/mol. The number of aliphatic hydroxyl groups is 1. The van der Waals surface area contributed by atoms with Crippen molar-refractivity contribution in [3.8, 4) is 0 Å². The molecule has 0 aromatic rings. The van der Waals surface area contributed by atoms with Gasteiger partial charge in [-0.15, -0.1) is 0 Å². The molecule has 5 heteroatoms. The van der Waals surface area contributed by atoms with E-state index >= 15 is 0 Å². The van der Waals surface area contributed by atoms with Gasteiger partial charge in [0.05, 0.1) is 18.3 Å². The van der Waals surface area contributed by atoms with Gasteiger partial charge in [-0.3, -0.25) is 4.90 Å². The Labute approximate surface area is 211 Å². The average Bonchev–Trinajstić information content (AvgIpc) is 3.56. The van der Waals surface area contributed by atoms with Crippen LogP contribution in [0, 0.1) is 34.0 Å². The molecule has 7 unspecified atom stereocenters. The molecule has 2 heterocycles. The quantitative estimate of drug-likeness (QED) is 0.569. The summed E-state index contributed by atoms with van der Waals surface area (Å²) in [6, 6.07) is 0.634. The lowest BCUT2D eigenvalue weighted by atomic mass is 9.32. The third kappa shape index (κ3) is 2.96. The maximum absolute atomic E-state index is 9.48. The summed E-state index contributed by atoms with van der Waals surface area (Å²) < 4.78 is 20.1. The summed E-state index contributed by atoms with van der Waals surface area (Å²) in [5.41, 5.74) is 2.09. The molecule has 7 fully saturated rings. The predicted octanol–water partition coefficient (Wildman–Crippen LogP) is 4.70. The summed E-state index contributed by atoms with van der Waals surface area (Å²) in [5.74, 6) is 2.79. The van der Waals surface area contributed by atoms with Crippen LogP contribution in [0.5, 0.6) is 0 Å². The first-order chi connectivity index (χ1) is 16.8. The van der Waals surface area contributed by atoms with Crippen LogP contribution < -0.4 is 0 Å². The van der Waals surface area contributed by atoms with E-state index in [1.54, 1.807) is 5.57 Å². The van der Waals surface area contributed by atoms with E-state index in [0.29, 0.717) is 29.9 Å². The predicted molar refractivity (Wildman–Crippen MR) is 135 cm³/mol. The van der Waals surface area contributed by atoms with Crippen LogP contribution in [0.3, 0.4) is 0 Å². The fourth-order valence-corrected chi connectivity index (χ4v) is 10.4. The molecule has 2 aliphatic heterocycles. The van der Waals surface area contributed by atoms with Gasteiger partial charge in [0.2, 0.25) is 0 Å². The molecule has 194 valence electrons. The zero-order valence-electron chi connectivity index (χ0n) is 22.2. The van der Waals surface area contributed by atoms with Crippen molar-refractivity contribution in [1.29, 1.82) is 0 Å². The summed E-state index contributed by atoms with van der Waals surface area (Å²) in [5, 5.41) is 9.48. The molecule has 1 N–H and O–H groups in total. The van der Waals surface area contributed by atoms with Gasteiger partial charge in [0.1, 0.15) is 18.5 Å². The molecule has 35 heavy (non-hydrogen) atoms. The van der Waals surface area contributed by atoms with Gasteiger partial charge in [0, 0.05) is 31.0 Å². The Morgan fingerprint density at radius 2 is 2.00 bits per heavy atom. The zero-order chi connectivity index (χ0) is 24.2. The second-order valence-electron chi connectivity index (χ2n) is 14.2. The lowest BCUT2D eigenvalue weighted by Crippen LogP contribution is -2.80. The maximum Gasteiger partial charge on any atom is 0.126 e. The van der Waals surface area contributed by atoms with E-state index in [-0.39, 0.29) is 35.2 Å². The largest absolute Gasteiger partial charge is 0.493 e. The second kappa shape index (κ2) is 7.58. The van der Waals surface area contributed by atoms with Gasteiger partial charge < -0.3 is 19.3 Å². The van der Waals surface area contributed by atoms with Crippen molar-refractivity contribution in [1.82, 2.24) is 4.90 Å². The highest BCUT2D eigenvalue weighted by atomic mass is 16.6. The highest BCUT2D eigenvalue weighted by molar-refractivity contribution is 5.43. The number of rotatable bonds is 7. The number of hydrogen-bond donors (Lipinski definition) is 1. The van der Waals surface area contributed by atoms with Gasteiger partial charge in [-0.2, -0.15) is 0 Å². The Morgan fingerprint density at radius 3 is 2.71 bits per heavy atom. The van der Waals surface area contributed by atoms with Crippen LogP contribution in [0.4, 0.5) is 0 Å². The number of methoxy groups -OCH3 is 1. The number of piperidine rings is 1. The Hall–Kier alpha value is -0.880. The molecule has 2 saturated heterocycles. The molecule has 2 spiro atoms. The van der Waals surface area contributed by atoms with Crippen molar-refractivity contribution >= 4 is 0 Å². The molecular weight excluding hydrogens is 438 g/mol. The fourth-order valence-electron chi connectivity index (χ4n) is 10.4.